The summed E-state index contributed by atoms with van der Waals surface area (Å²) in [5.41, 5.74) is 2.08. The Hall–Kier alpha value is -1.90. The van der Waals surface area contributed by atoms with Crippen LogP contribution in [0.3, 0.4) is 0 Å². The molecule has 0 aromatic carbocycles. The molecule has 1 heterocycles. The van der Waals surface area contributed by atoms with Crippen molar-refractivity contribution in [2.75, 3.05) is 6.54 Å². The Balaban J connectivity index is 1.70. The van der Waals surface area contributed by atoms with Crippen molar-refractivity contribution < 1.29 is 5.11 Å². The zero-order chi connectivity index (χ0) is 11.2. The Morgan fingerprint density at radius 1 is 1.31 bits per heavy atom. The van der Waals surface area contributed by atoms with Crippen molar-refractivity contribution in [2.24, 2.45) is 0 Å². The van der Waals surface area contributed by atoms with E-state index in [4.69, 9.17) is 0 Å². The summed E-state index contributed by atoms with van der Waals surface area (Å²) >= 11 is 0. The number of aliphatic hydroxyl groups is 1. The van der Waals surface area contributed by atoms with Crippen LogP contribution in [0.4, 0.5) is 0 Å². The van der Waals surface area contributed by atoms with Crippen LogP contribution in [0, 0.1) is 0 Å². The molecule has 1 aliphatic carbocycles. The van der Waals surface area contributed by atoms with E-state index in [0.29, 0.717) is 0 Å². The second kappa shape index (κ2) is 5.26. The lowest BCUT2D eigenvalue weighted by atomic mass is 10.2. The maximum atomic E-state index is 9.66. The minimum atomic E-state index is 0.261. The maximum absolute atomic E-state index is 9.66. The topological polar surface area (TPSA) is 48.0 Å². The second-order valence-corrected chi connectivity index (χ2v) is 3.75. The van der Waals surface area contributed by atoms with Crippen LogP contribution in [-0.2, 0) is 6.42 Å². The third kappa shape index (κ3) is 2.79. The molecule has 0 atom stereocenters. The number of aromatic amines is 1. The molecule has 0 unspecified atom stereocenters. The van der Waals surface area contributed by atoms with Gasteiger partial charge in [0.25, 0.3) is 0 Å². The molecule has 0 saturated heterocycles. The molecule has 3 heteroatoms. The number of allylic oxidation sites excluding steroid dienone is 5. The van der Waals surface area contributed by atoms with Crippen molar-refractivity contribution in [1.82, 2.24) is 10.3 Å². The van der Waals surface area contributed by atoms with E-state index in [1.54, 1.807) is 0 Å². The smallest absolute Gasteiger partial charge is 0.191 e. The average molecular weight is 216 g/mol. The van der Waals surface area contributed by atoms with Crippen LogP contribution < -0.4 is 5.32 Å². The predicted molar refractivity (Wildman–Crippen MR) is 65.1 cm³/mol. The Morgan fingerprint density at radius 2 is 2.12 bits per heavy atom. The highest BCUT2D eigenvalue weighted by molar-refractivity contribution is 5.41. The number of hydrogen-bond acceptors (Lipinski definition) is 2. The van der Waals surface area contributed by atoms with E-state index in [0.717, 1.165) is 25.0 Å². The molecule has 1 aromatic heterocycles. The molecule has 16 heavy (non-hydrogen) atoms. The van der Waals surface area contributed by atoms with Gasteiger partial charge >= 0.3 is 0 Å². The largest absolute Gasteiger partial charge is 0.494 e. The zero-order valence-corrected chi connectivity index (χ0v) is 9.11. The summed E-state index contributed by atoms with van der Waals surface area (Å²) in [6.45, 7) is 0.774. The van der Waals surface area contributed by atoms with Gasteiger partial charge in [-0.15, -0.1) is 0 Å². The second-order valence-electron chi connectivity index (χ2n) is 3.75. The summed E-state index contributed by atoms with van der Waals surface area (Å²) < 4.78 is 0. The van der Waals surface area contributed by atoms with Gasteiger partial charge < -0.3 is 15.4 Å². The van der Waals surface area contributed by atoms with Gasteiger partial charge in [-0.2, -0.15) is 0 Å². The first-order valence-electron chi connectivity index (χ1n) is 5.50. The van der Waals surface area contributed by atoms with Crippen molar-refractivity contribution >= 4 is 0 Å². The minimum absolute atomic E-state index is 0.261. The monoisotopic (exact) mass is 216 g/mol. The number of aryl methyl sites for hydroxylation is 1. The molecule has 0 spiro atoms. The van der Waals surface area contributed by atoms with Gasteiger partial charge in [-0.1, -0.05) is 12.2 Å². The van der Waals surface area contributed by atoms with Crippen LogP contribution in [0.1, 0.15) is 12.1 Å². The number of hydrogen-bond donors (Lipinski definition) is 3. The fraction of sp³-hybridized carbons (Fsp3) is 0.231. The van der Waals surface area contributed by atoms with Crippen LogP contribution in [-0.4, -0.2) is 16.6 Å². The van der Waals surface area contributed by atoms with Crippen molar-refractivity contribution in [3.8, 4) is 0 Å². The normalized spacial score (nSPS) is 13.4. The summed E-state index contributed by atoms with van der Waals surface area (Å²) in [7, 11) is 0. The number of H-pyrrole nitrogens is 1. The molecule has 3 nitrogen and oxygen atoms in total. The Morgan fingerprint density at radius 3 is 2.81 bits per heavy atom. The highest BCUT2D eigenvalue weighted by Crippen LogP contribution is 2.09. The predicted octanol–water partition coefficient (Wildman–Crippen LogP) is 2.43. The van der Waals surface area contributed by atoms with Crippen LogP contribution >= 0.6 is 0 Å². The summed E-state index contributed by atoms with van der Waals surface area (Å²) in [5.74, 6) is 0.261. The molecule has 84 valence electrons. The molecule has 2 rings (SSSR count). The molecule has 0 fully saturated rings. The van der Waals surface area contributed by atoms with Crippen molar-refractivity contribution in [3.63, 3.8) is 0 Å². The highest BCUT2D eigenvalue weighted by atomic mass is 16.3. The fourth-order valence-corrected chi connectivity index (χ4v) is 1.64. The lowest BCUT2D eigenvalue weighted by Gasteiger charge is -2.06. The standard InChI is InChI=1S/C13H16N2O/c16-13(11-5-1-2-6-11)15-10-4-8-12-7-3-9-14-12/h1-3,5-7,9,14-16H,4,8,10H2. The van der Waals surface area contributed by atoms with E-state index in [2.05, 4.69) is 16.4 Å². The summed E-state index contributed by atoms with van der Waals surface area (Å²) in [5, 5.41) is 12.7. The van der Waals surface area contributed by atoms with Crippen molar-refractivity contribution in [1.29, 1.82) is 0 Å². The SMILES string of the molecule is OC(NCCCc1ccc[nH]1)=C1C=CC=C1. The van der Waals surface area contributed by atoms with E-state index >= 15 is 0 Å². The number of aliphatic hydroxyl groups excluding tert-OH is 1. The Labute approximate surface area is 95.2 Å². The van der Waals surface area contributed by atoms with Gasteiger partial charge in [-0.3, -0.25) is 0 Å². The molecular weight excluding hydrogens is 200 g/mol. The lowest BCUT2D eigenvalue weighted by Crippen LogP contribution is -2.16. The van der Waals surface area contributed by atoms with E-state index in [9.17, 15) is 5.11 Å². The molecule has 0 aliphatic heterocycles. The average Bonchev–Trinajstić information content (AvgIpc) is 2.96. The first-order chi connectivity index (χ1) is 7.86. The molecule has 1 aliphatic rings. The first kappa shape index (κ1) is 10.6. The van der Waals surface area contributed by atoms with Crippen LogP contribution in [0.15, 0.2) is 54.1 Å². The third-order valence-corrected chi connectivity index (χ3v) is 2.51. The van der Waals surface area contributed by atoms with E-state index in [1.807, 2.05) is 36.6 Å². The number of aromatic nitrogens is 1. The van der Waals surface area contributed by atoms with Crippen LogP contribution in [0.5, 0.6) is 0 Å². The number of rotatable bonds is 5. The van der Waals surface area contributed by atoms with Crippen LogP contribution in [0.2, 0.25) is 0 Å². The van der Waals surface area contributed by atoms with Crippen molar-refractivity contribution in [3.05, 3.63) is 59.8 Å². The molecule has 3 N–H and O–H groups in total. The van der Waals surface area contributed by atoms with Gasteiger partial charge in [0.15, 0.2) is 5.88 Å². The first-order valence-corrected chi connectivity index (χ1v) is 5.50. The van der Waals surface area contributed by atoms with Gasteiger partial charge in [0, 0.05) is 24.0 Å². The van der Waals surface area contributed by atoms with E-state index in [1.165, 1.54) is 5.69 Å². The van der Waals surface area contributed by atoms with Gasteiger partial charge in [0.1, 0.15) is 0 Å². The Kier molecular flexibility index (Phi) is 3.49. The minimum Gasteiger partial charge on any atom is -0.494 e. The van der Waals surface area contributed by atoms with Gasteiger partial charge in [-0.05, 0) is 37.1 Å². The van der Waals surface area contributed by atoms with Crippen molar-refractivity contribution in [2.45, 2.75) is 12.8 Å². The molecule has 0 saturated carbocycles. The molecule has 0 radical (unpaired) electrons. The van der Waals surface area contributed by atoms with Gasteiger partial charge in [0.05, 0.1) is 0 Å². The molecule has 1 aromatic rings. The van der Waals surface area contributed by atoms with E-state index in [-0.39, 0.29) is 5.88 Å². The quantitative estimate of drug-likeness (QED) is 0.523. The third-order valence-electron chi connectivity index (χ3n) is 2.51. The van der Waals surface area contributed by atoms with Gasteiger partial charge in [0.2, 0.25) is 0 Å². The van der Waals surface area contributed by atoms with E-state index < -0.39 is 0 Å². The summed E-state index contributed by atoms with van der Waals surface area (Å²) in [4.78, 5) is 3.16. The molecule has 0 amide bonds. The van der Waals surface area contributed by atoms with Crippen LogP contribution in [0.25, 0.3) is 0 Å². The molecular formula is C13H16N2O. The zero-order valence-electron chi connectivity index (χ0n) is 9.11. The Bertz CT molecular complexity index is 399. The highest BCUT2D eigenvalue weighted by Gasteiger charge is 2.01. The fourth-order valence-electron chi connectivity index (χ4n) is 1.64. The van der Waals surface area contributed by atoms with Gasteiger partial charge in [-0.25, -0.2) is 0 Å². The summed E-state index contributed by atoms with van der Waals surface area (Å²) in [6, 6.07) is 4.07. The maximum Gasteiger partial charge on any atom is 0.191 e. The molecule has 0 bridgehead atoms. The summed E-state index contributed by atoms with van der Waals surface area (Å²) in [6.07, 6.45) is 11.5. The number of nitrogens with one attached hydrogen (secondary N) is 2. The lowest BCUT2D eigenvalue weighted by molar-refractivity contribution is 0.359.